The molecule has 3 N–H and O–H groups in total. The SMILES string of the molecule is COc1cccc2cc(-c3csc(N)c3CO)oc12. The minimum absolute atomic E-state index is 0.0984. The highest BCUT2D eigenvalue weighted by atomic mass is 32.1. The van der Waals surface area contributed by atoms with Crippen molar-refractivity contribution in [3.05, 3.63) is 35.2 Å². The van der Waals surface area contributed by atoms with Crippen molar-refractivity contribution in [2.24, 2.45) is 0 Å². The van der Waals surface area contributed by atoms with Crippen LogP contribution in [0.15, 0.2) is 34.1 Å². The van der Waals surface area contributed by atoms with Gasteiger partial charge in [0.1, 0.15) is 5.76 Å². The van der Waals surface area contributed by atoms with Gasteiger partial charge >= 0.3 is 0 Å². The highest BCUT2D eigenvalue weighted by Crippen LogP contribution is 2.38. The Kier molecular flexibility index (Phi) is 2.93. The number of furan rings is 1. The van der Waals surface area contributed by atoms with Gasteiger partial charge in [-0.25, -0.2) is 0 Å². The lowest BCUT2D eigenvalue weighted by molar-refractivity contribution is 0.283. The zero-order valence-corrected chi connectivity index (χ0v) is 11.2. The molecule has 0 amide bonds. The predicted octanol–water partition coefficient (Wildman–Crippen LogP) is 3.24. The molecule has 4 nitrogen and oxygen atoms in total. The summed E-state index contributed by atoms with van der Waals surface area (Å²) in [6.45, 7) is -0.0984. The molecule has 0 saturated heterocycles. The summed E-state index contributed by atoms with van der Waals surface area (Å²) < 4.78 is 11.1. The molecule has 0 atom stereocenters. The standard InChI is InChI=1S/C14H13NO3S/c1-17-11-4-2-3-8-5-12(18-13(8)11)10-7-19-14(15)9(10)6-16/h2-5,7,16H,6,15H2,1H3. The highest BCUT2D eigenvalue weighted by molar-refractivity contribution is 7.14. The summed E-state index contributed by atoms with van der Waals surface area (Å²) in [7, 11) is 1.61. The van der Waals surface area contributed by atoms with E-state index in [1.54, 1.807) is 7.11 Å². The second-order valence-electron chi connectivity index (χ2n) is 4.14. The Morgan fingerprint density at radius 3 is 3.00 bits per heavy atom. The van der Waals surface area contributed by atoms with Crippen molar-refractivity contribution in [3.63, 3.8) is 0 Å². The molecular formula is C14H13NO3S. The Morgan fingerprint density at radius 2 is 2.26 bits per heavy atom. The summed E-state index contributed by atoms with van der Waals surface area (Å²) in [5.41, 5.74) is 8.08. The van der Waals surface area contributed by atoms with Crippen LogP contribution >= 0.6 is 11.3 Å². The van der Waals surface area contributed by atoms with Crippen molar-refractivity contribution in [1.29, 1.82) is 0 Å². The number of rotatable bonds is 3. The van der Waals surface area contributed by atoms with E-state index in [0.29, 0.717) is 27.7 Å². The van der Waals surface area contributed by atoms with Crippen molar-refractivity contribution >= 4 is 27.3 Å². The largest absolute Gasteiger partial charge is 0.493 e. The van der Waals surface area contributed by atoms with Gasteiger partial charge in [-0.05, 0) is 12.1 Å². The second kappa shape index (κ2) is 4.60. The summed E-state index contributed by atoms with van der Waals surface area (Å²) >= 11 is 1.40. The fourth-order valence-electron chi connectivity index (χ4n) is 2.10. The molecule has 0 aliphatic heterocycles. The third kappa shape index (κ3) is 1.87. The van der Waals surface area contributed by atoms with Gasteiger partial charge in [-0.15, -0.1) is 11.3 Å². The molecule has 2 heterocycles. The van der Waals surface area contributed by atoms with Crippen LogP contribution < -0.4 is 10.5 Å². The molecule has 19 heavy (non-hydrogen) atoms. The molecule has 0 bridgehead atoms. The molecule has 0 spiro atoms. The number of benzene rings is 1. The van der Waals surface area contributed by atoms with Crippen LogP contribution in [0, 0.1) is 0 Å². The van der Waals surface area contributed by atoms with Gasteiger partial charge in [0.15, 0.2) is 11.3 Å². The fraction of sp³-hybridized carbons (Fsp3) is 0.143. The first kappa shape index (κ1) is 12.1. The fourth-order valence-corrected chi connectivity index (χ4v) is 2.92. The molecule has 0 aliphatic rings. The monoisotopic (exact) mass is 275 g/mol. The maximum absolute atomic E-state index is 9.39. The number of thiophene rings is 1. The summed E-state index contributed by atoms with van der Waals surface area (Å²) in [5.74, 6) is 1.38. The third-order valence-corrected chi connectivity index (χ3v) is 3.93. The van der Waals surface area contributed by atoms with E-state index in [-0.39, 0.29) is 6.61 Å². The smallest absolute Gasteiger partial charge is 0.176 e. The van der Waals surface area contributed by atoms with Gasteiger partial charge in [-0.3, -0.25) is 0 Å². The summed E-state index contributed by atoms with van der Waals surface area (Å²) in [6, 6.07) is 7.65. The first-order chi connectivity index (χ1) is 9.24. The van der Waals surface area contributed by atoms with E-state index >= 15 is 0 Å². The minimum Gasteiger partial charge on any atom is -0.493 e. The zero-order valence-electron chi connectivity index (χ0n) is 10.3. The number of aliphatic hydroxyl groups is 1. The Morgan fingerprint density at radius 1 is 1.42 bits per heavy atom. The van der Waals surface area contributed by atoms with Crippen LogP contribution in [-0.2, 0) is 6.61 Å². The van der Waals surface area contributed by atoms with Gasteiger partial charge in [0.25, 0.3) is 0 Å². The lowest BCUT2D eigenvalue weighted by atomic mass is 10.1. The number of para-hydroxylation sites is 1. The highest BCUT2D eigenvalue weighted by Gasteiger charge is 2.16. The third-order valence-electron chi connectivity index (χ3n) is 3.08. The first-order valence-corrected chi connectivity index (χ1v) is 6.66. The van der Waals surface area contributed by atoms with Crippen molar-refractivity contribution in [3.8, 4) is 17.1 Å². The number of nitrogens with two attached hydrogens (primary N) is 1. The van der Waals surface area contributed by atoms with Crippen molar-refractivity contribution in [1.82, 2.24) is 0 Å². The number of methoxy groups -OCH3 is 1. The number of hydrogen-bond acceptors (Lipinski definition) is 5. The molecule has 5 heteroatoms. The molecule has 0 saturated carbocycles. The normalized spacial score (nSPS) is 11.1. The van der Waals surface area contributed by atoms with Crippen LogP contribution in [0.1, 0.15) is 5.56 Å². The van der Waals surface area contributed by atoms with Crippen LogP contribution in [0.2, 0.25) is 0 Å². The second-order valence-corrected chi connectivity index (χ2v) is 5.05. The Bertz CT molecular complexity index is 729. The van der Waals surface area contributed by atoms with Gasteiger partial charge in [0.2, 0.25) is 0 Å². The molecule has 0 aliphatic carbocycles. The molecule has 1 aromatic carbocycles. The zero-order chi connectivity index (χ0) is 13.4. The Hall–Kier alpha value is -1.98. The molecule has 0 radical (unpaired) electrons. The van der Waals surface area contributed by atoms with Crippen LogP contribution in [0.5, 0.6) is 5.75 Å². The van der Waals surface area contributed by atoms with E-state index in [9.17, 15) is 5.11 Å². The lowest BCUT2D eigenvalue weighted by Gasteiger charge is -1.99. The summed E-state index contributed by atoms with van der Waals surface area (Å²) in [6.07, 6.45) is 0. The summed E-state index contributed by atoms with van der Waals surface area (Å²) in [5, 5.41) is 12.9. The van der Waals surface area contributed by atoms with Gasteiger partial charge in [0, 0.05) is 21.9 Å². The average molecular weight is 275 g/mol. The molecule has 3 aromatic rings. The molecule has 98 valence electrons. The van der Waals surface area contributed by atoms with Crippen molar-refractivity contribution in [2.45, 2.75) is 6.61 Å². The van der Waals surface area contributed by atoms with Crippen molar-refractivity contribution in [2.75, 3.05) is 12.8 Å². The lowest BCUT2D eigenvalue weighted by Crippen LogP contribution is -1.89. The van der Waals surface area contributed by atoms with E-state index in [1.807, 2.05) is 29.6 Å². The maximum atomic E-state index is 9.39. The number of aliphatic hydroxyl groups excluding tert-OH is 1. The molecule has 0 unspecified atom stereocenters. The number of anilines is 1. The number of fused-ring (bicyclic) bond motifs is 1. The van der Waals surface area contributed by atoms with E-state index < -0.39 is 0 Å². The Labute approximate surface area is 114 Å². The van der Waals surface area contributed by atoms with E-state index in [2.05, 4.69) is 0 Å². The van der Waals surface area contributed by atoms with E-state index in [4.69, 9.17) is 14.9 Å². The van der Waals surface area contributed by atoms with Crippen LogP contribution in [0.4, 0.5) is 5.00 Å². The Balaban J connectivity index is 2.20. The van der Waals surface area contributed by atoms with Crippen LogP contribution in [0.3, 0.4) is 0 Å². The number of hydrogen-bond donors (Lipinski definition) is 2. The molecule has 0 fully saturated rings. The number of ether oxygens (including phenoxy) is 1. The maximum Gasteiger partial charge on any atom is 0.176 e. The minimum atomic E-state index is -0.0984. The molecule has 2 aromatic heterocycles. The van der Waals surface area contributed by atoms with E-state index in [0.717, 1.165) is 10.9 Å². The van der Waals surface area contributed by atoms with Crippen LogP contribution in [-0.4, -0.2) is 12.2 Å². The van der Waals surface area contributed by atoms with Gasteiger partial charge in [-0.1, -0.05) is 12.1 Å². The van der Waals surface area contributed by atoms with Gasteiger partial charge < -0.3 is 20.0 Å². The van der Waals surface area contributed by atoms with Gasteiger partial charge in [-0.2, -0.15) is 0 Å². The van der Waals surface area contributed by atoms with Gasteiger partial charge in [0.05, 0.1) is 18.7 Å². The van der Waals surface area contributed by atoms with Crippen LogP contribution in [0.25, 0.3) is 22.3 Å². The summed E-state index contributed by atoms with van der Waals surface area (Å²) in [4.78, 5) is 0. The predicted molar refractivity (Wildman–Crippen MR) is 76.4 cm³/mol. The molecular weight excluding hydrogens is 262 g/mol. The van der Waals surface area contributed by atoms with Crippen molar-refractivity contribution < 1.29 is 14.3 Å². The number of nitrogen functional groups attached to an aromatic ring is 1. The molecule has 3 rings (SSSR count). The van der Waals surface area contributed by atoms with E-state index in [1.165, 1.54) is 11.3 Å². The topological polar surface area (TPSA) is 68.6 Å². The average Bonchev–Trinajstić information content (AvgIpc) is 3.00. The quantitative estimate of drug-likeness (QED) is 0.770. The first-order valence-electron chi connectivity index (χ1n) is 5.78.